The molecule has 0 spiro atoms. The van der Waals surface area contributed by atoms with E-state index >= 15 is 0 Å². The number of nitrogen functional groups attached to an aromatic ring is 1. The lowest BCUT2D eigenvalue weighted by Crippen LogP contribution is -2.08. The van der Waals surface area contributed by atoms with E-state index in [9.17, 15) is 0 Å². The average Bonchev–Trinajstić information content (AvgIpc) is 2.74. The molecule has 0 aliphatic heterocycles. The van der Waals surface area contributed by atoms with Crippen molar-refractivity contribution in [1.82, 2.24) is 4.98 Å². The third-order valence-corrected chi connectivity index (χ3v) is 4.47. The highest BCUT2D eigenvalue weighted by Crippen LogP contribution is 2.32. The van der Waals surface area contributed by atoms with Crippen LogP contribution in [0.4, 0.5) is 0 Å². The minimum atomic E-state index is 0.122. The van der Waals surface area contributed by atoms with E-state index in [-0.39, 0.29) is 5.84 Å². The quantitative estimate of drug-likeness (QED) is 0.623. The van der Waals surface area contributed by atoms with Crippen LogP contribution in [0.15, 0.2) is 12.1 Å². The molecule has 2 rings (SSSR count). The number of nitrogens with two attached hydrogens (primary N) is 1. The minimum absolute atomic E-state index is 0.122. The molecule has 0 aliphatic rings. The van der Waals surface area contributed by atoms with Crippen LogP contribution in [0.3, 0.4) is 0 Å². The normalized spacial score (nSPS) is 10.5. The predicted molar refractivity (Wildman–Crippen MR) is 65.9 cm³/mol. The molecule has 3 nitrogen and oxygen atoms in total. The summed E-state index contributed by atoms with van der Waals surface area (Å²) in [6.07, 6.45) is 0. The zero-order chi connectivity index (χ0) is 11.0. The van der Waals surface area contributed by atoms with Gasteiger partial charge in [0.2, 0.25) is 0 Å². The van der Waals surface area contributed by atoms with Crippen LogP contribution in [-0.4, -0.2) is 10.8 Å². The number of thiazole rings is 1. The fourth-order valence-electron chi connectivity index (χ4n) is 1.18. The second-order valence-electron chi connectivity index (χ2n) is 3.24. The molecule has 2 heterocycles. The zero-order valence-electron chi connectivity index (χ0n) is 8.50. The Morgan fingerprint density at radius 3 is 2.53 bits per heavy atom. The number of nitrogens with one attached hydrogen (secondary N) is 1. The summed E-state index contributed by atoms with van der Waals surface area (Å²) in [5.41, 5.74) is 6.49. The van der Waals surface area contributed by atoms with Gasteiger partial charge < -0.3 is 5.73 Å². The first-order chi connectivity index (χ1) is 7.08. The van der Waals surface area contributed by atoms with Crippen LogP contribution in [0.5, 0.6) is 0 Å². The molecule has 3 N–H and O–H groups in total. The molecule has 2 aromatic rings. The molecule has 0 fully saturated rings. The molecule has 0 aliphatic carbocycles. The Labute approximate surface area is 96.1 Å². The van der Waals surface area contributed by atoms with Gasteiger partial charge >= 0.3 is 0 Å². The van der Waals surface area contributed by atoms with E-state index in [4.69, 9.17) is 11.1 Å². The lowest BCUT2D eigenvalue weighted by Gasteiger charge is -1.89. The molecule has 0 radical (unpaired) electrons. The Bertz CT molecular complexity index is 491. The minimum Gasteiger partial charge on any atom is -0.383 e. The summed E-state index contributed by atoms with van der Waals surface area (Å²) in [6.45, 7) is 4.07. The first-order valence-electron chi connectivity index (χ1n) is 4.46. The maximum Gasteiger partial charge on any atom is 0.133 e. The number of hydrogen-bond donors (Lipinski definition) is 2. The molecule has 0 bridgehead atoms. The topological polar surface area (TPSA) is 62.8 Å². The van der Waals surface area contributed by atoms with Gasteiger partial charge in [-0.05, 0) is 26.0 Å². The van der Waals surface area contributed by atoms with Gasteiger partial charge in [-0.3, -0.25) is 5.41 Å². The van der Waals surface area contributed by atoms with Crippen molar-refractivity contribution in [2.24, 2.45) is 5.73 Å². The van der Waals surface area contributed by atoms with Crippen LogP contribution in [0.1, 0.15) is 15.4 Å². The molecule has 5 heteroatoms. The molecule has 0 saturated heterocycles. The van der Waals surface area contributed by atoms with Crippen LogP contribution in [-0.2, 0) is 0 Å². The van der Waals surface area contributed by atoms with Crippen LogP contribution < -0.4 is 5.73 Å². The molecule has 0 atom stereocenters. The summed E-state index contributed by atoms with van der Waals surface area (Å²) in [7, 11) is 0. The lowest BCUT2D eigenvalue weighted by molar-refractivity contribution is 1.24. The van der Waals surface area contributed by atoms with Crippen molar-refractivity contribution in [2.75, 3.05) is 0 Å². The molecule has 0 saturated carbocycles. The molecular weight excluding hydrogens is 226 g/mol. The van der Waals surface area contributed by atoms with Gasteiger partial charge in [0.05, 0.1) is 15.4 Å². The summed E-state index contributed by atoms with van der Waals surface area (Å²) >= 11 is 3.19. The SMILES string of the molecule is Cc1nc(-c2ccc(C(=N)N)s2)sc1C. The van der Waals surface area contributed by atoms with Gasteiger partial charge in [-0.2, -0.15) is 0 Å². The molecule has 0 amide bonds. The summed E-state index contributed by atoms with van der Waals surface area (Å²) in [5.74, 6) is 0.122. The van der Waals surface area contributed by atoms with E-state index in [0.29, 0.717) is 0 Å². The Morgan fingerprint density at radius 1 is 1.33 bits per heavy atom. The standard InChI is InChI=1S/C10H11N3S2/c1-5-6(2)14-10(13-5)8-4-3-7(15-8)9(11)12/h3-4H,1-2H3,(H3,11,12). The average molecular weight is 237 g/mol. The highest BCUT2D eigenvalue weighted by molar-refractivity contribution is 7.22. The summed E-state index contributed by atoms with van der Waals surface area (Å²) in [5, 5.41) is 8.35. The highest BCUT2D eigenvalue weighted by Gasteiger charge is 2.09. The van der Waals surface area contributed by atoms with Gasteiger partial charge in [-0.1, -0.05) is 0 Å². The monoisotopic (exact) mass is 237 g/mol. The number of aromatic nitrogens is 1. The van der Waals surface area contributed by atoms with Gasteiger partial charge in [0.15, 0.2) is 0 Å². The second-order valence-corrected chi connectivity index (χ2v) is 5.53. The number of hydrogen-bond acceptors (Lipinski definition) is 4. The molecule has 2 aromatic heterocycles. The highest BCUT2D eigenvalue weighted by atomic mass is 32.1. The molecular formula is C10H11N3S2. The van der Waals surface area contributed by atoms with Crippen molar-refractivity contribution in [3.8, 4) is 9.88 Å². The Morgan fingerprint density at radius 2 is 2.07 bits per heavy atom. The fraction of sp³-hybridized carbons (Fsp3) is 0.200. The van der Waals surface area contributed by atoms with Crippen molar-refractivity contribution in [2.45, 2.75) is 13.8 Å². The predicted octanol–water partition coefficient (Wildman–Crippen LogP) is 2.77. The summed E-state index contributed by atoms with van der Waals surface area (Å²) in [4.78, 5) is 7.60. The summed E-state index contributed by atoms with van der Waals surface area (Å²) < 4.78 is 0. The van der Waals surface area contributed by atoms with Crippen molar-refractivity contribution >= 4 is 28.5 Å². The van der Waals surface area contributed by atoms with E-state index in [2.05, 4.69) is 11.9 Å². The molecule has 0 unspecified atom stereocenters. The Kier molecular flexibility index (Phi) is 2.58. The van der Waals surface area contributed by atoms with E-state index in [1.54, 1.807) is 11.3 Å². The van der Waals surface area contributed by atoms with Gasteiger partial charge in [0.25, 0.3) is 0 Å². The zero-order valence-corrected chi connectivity index (χ0v) is 10.1. The van der Waals surface area contributed by atoms with Crippen LogP contribution in [0, 0.1) is 19.3 Å². The van der Waals surface area contributed by atoms with Gasteiger partial charge in [-0.15, -0.1) is 22.7 Å². The van der Waals surface area contributed by atoms with Gasteiger partial charge in [0.1, 0.15) is 10.8 Å². The van der Waals surface area contributed by atoms with Gasteiger partial charge in [-0.25, -0.2) is 4.98 Å². The van der Waals surface area contributed by atoms with E-state index in [1.165, 1.54) is 16.2 Å². The van der Waals surface area contributed by atoms with Gasteiger partial charge in [0, 0.05) is 4.88 Å². The van der Waals surface area contributed by atoms with Crippen molar-refractivity contribution in [3.05, 3.63) is 27.6 Å². The number of rotatable bonds is 2. The third-order valence-electron chi connectivity index (χ3n) is 2.11. The molecule has 15 heavy (non-hydrogen) atoms. The first-order valence-corrected chi connectivity index (χ1v) is 6.10. The van der Waals surface area contributed by atoms with Crippen LogP contribution in [0.2, 0.25) is 0 Å². The fourth-order valence-corrected chi connectivity index (χ4v) is 3.01. The summed E-state index contributed by atoms with van der Waals surface area (Å²) in [6, 6.07) is 3.84. The second kappa shape index (κ2) is 3.75. The maximum absolute atomic E-state index is 7.33. The van der Waals surface area contributed by atoms with Crippen LogP contribution >= 0.6 is 22.7 Å². The van der Waals surface area contributed by atoms with Crippen molar-refractivity contribution in [1.29, 1.82) is 5.41 Å². The number of nitrogens with zero attached hydrogens (tertiary/aromatic N) is 1. The molecule has 78 valence electrons. The van der Waals surface area contributed by atoms with E-state index in [0.717, 1.165) is 20.5 Å². The third kappa shape index (κ3) is 1.93. The smallest absolute Gasteiger partial charge is 0.133 e. The Hall–Kier alpha value is -1.20. The first kappa shape index (κ1) is 10.3. The van der Waals surface area contributed by atoms with Crippen molar-refractivity contribution < 1.29 is 0 Å². The Balaban J connectivity index is 2.41. The number of thiophene rings is 1. The maximum atomic E-state index is 7.33. The van der Waals surface area contributed by atoms with E-state index < -0.39 is 0 Å². The number of amidine groups is 1. The largest absolute Gasteiger partial charge is 0.383 e. The lowest BCUT2D eigenvalue weighted by atomic mass is 10.4. The van der Waals surface area contributed by atoms with E-state index in [1.807, 2.05) is 19.1 Å². The van der Waals surface area contributed by atoms with Crippen molar-refractivity contribution in [3.63, 3.8) is 0 Å². The number of aryl methyl sites for hydroxylation is 2. The van der Waals surface area contributed by atoms with Crippen LogP contribution in [0.25, 0.3) is 9.88 Å². The molecule has 0 aromatic carbocycles.